The number of anilines is 2. The second-order valence-electron chi connectivity index (χ2n) is 6.68. The first-order chi connectivity index (χ1) is 14.5. The third-order valence-corrected chi connectivity index (χ3v) is 4.71. The molecule has 3 aromatic rings. The zero-order valence-electron chi connectivity index (χ0n) is 16.9. The number of carbonyl (C=O) groups excluding carboxylic acids is 1. The molecule has 1 heterocycles. The second kappa shape index (κ2) is 9.61. The number of carbonyl (C=O) groups is 1. The summed E-state index contributed by atoms with van der Waals surface area (Å²) < 4.78 is 13.0. The molecular formula is C23H22FN5O. The minimum absolute atomic E-state index is 0.319. The second-order valence-corrected chi connectivity index (χ2v) is 6.68. The van der Waals surface area contributed by atoms with E-state index in [1.807, 2.05) is 32.0 Å². The Bertz CT molecular complexity index is 1090. The van der Waals surface area contributed by atoms with Crippen LogP contribution in [0.25, 0.3) is 0 Å². The van der Waals surface area contributed by atoms with Crippen molar-refractivity contribution in [2.45, 2.75) is 33.2 Å². The van der Waals surface area contributed by atoms with E-state index in [1.54, 1.807) is 6.07 Å². The van der Waals surface area contributed by atoms with Crippen molar-refractivity contribution in [1.82, 2.24) is 10.2 Å². The molecule has 2 aromatic carbocycles. The van der Waals surface area contributed by atoms with Crippen LogP contribution in [0, 0.1) is 17.1 Å². The zero-order chi connectivity index (χ0) is 21.5. The Kier molecular flexibility index (Phi) is 6.71. The normalized spacial score (nSPS) is 10.3. The van der Waals surface area contributed by atoms with Crippen molar-refractivity contribution in [3.8, 4) is 6.07 Å². The number of benzene rings is 2. The molecule has 7 heteroatoms. The molecule has 0 aliphatic carbocycles. The monoisotopic (exact) mass is 403 g/mol. The lowest BCUT2D eigenvalue weighted by molar-refractivity contribution is 0.102. The van der Waals surface area contributed by atoms with Gasteiger partial charge in [-0.25, -0.2) is 4.39 Å². The van der Waals surface area contributed by atoms with Crippen molar-refractivity contribution >= 4 is 17.4 Å². The van der Waals surface area contributed by atoms with Gasteiger partial charge in [0.05, 0.1) is 5.69 Å². The SMILES string of the molecule is CCc1nnc(NCc2cccc(NC(=O)c3ccc(F)cc3)c2)c(C#N)c1CC. The van der Waals surface area contributed by atoms with Crippen LogP contribution < -0.4 is 10.6 Å². The maximum absolute atomic E-state index is 13.0. The summed E-state index contributed by atoms with van der Waals surface area (Å²) in [6, 6.07) is 14.9. The summed E-state index contributed by atoms with van der Waals surface area (Å²) in [5, 5.41) is 24.0. The lowest BCUT2D eigenvalue weighted by Crippen LogP contribution is -2.12. The highest BCUT2D eigenvalue weighted by molar-refractivity contribution is 6.04. The van der Waals surface area contributed by atoms with Crippen molar-refractivity contribution in [3.63, 3.8) is 0 Å². The fourth-order valence-electron chi connectivity index (χ4n) is 3.17. The number of aromatic nitrogens is 2. The van der Waals surface area contributed by atoms with Gasteiger partial charge in [-0.2, -0.15) is 10.4 Å². The van der Waals surface area contributed by atoms with E-state index in [0.717, 1.165) is 23.2 Å². The largest absolute Gasteiger partial charge is 0.363 e. The Morgan fingerprint density at radius 1 is 1.10 bits per heavy atom. The number of hydrogen-bond acceptors (Lipinski definition) is 5. The van der Waals surface area contributed by atoms with Gasteiger partial charge in [-0.1, -0.05) is 26.0 Å². The molecule has 1 aromatic heterocycles. The number of amides is 1. The minimum Gasteiger partial charge on any atom is -0.363 e. The molecule has 0 aliphatic heterocycles. The topological polar surface area (TPSA) is 90.7 Å². The highest BCUT2D eigenvalue weighted by atomic mass is 19.1. The van der Waals surface area contributed by atoms with Crippen LogP contribution in [0.3, 0.4) is 0 Å². The Morgan fingerprint density at radius 3 is 2.53 bits per heavy atom. The summed E-state index contributed by atoms with van der Waals surface area (Å²) in [5.41, 5.74) is 4.16. The maximum Gasteiger partial charge on any atom is 0.255 e. The van der Waals surface area contributed by atoms with E-state index in [0.29, 0.717) is 35.6 Å². The van der Waals surface area contributed by atoms with E-state index in [4.69, 9.17) is 0 Å². The Hall–Kier alpha value is -3.79. The van der Waals surface area contributed by atoms with E-state index in [-0.39, 0.29) is 5.91 Å². The summed E-state index contributed by atoms with van der Waals surface area (Å²) in [6.07, 6.45) is 1.43. The van der Waals surface area contributed by atoms with Gasteiger partial charge in [0.15, 0.2) is 5.82 Å². The minimum atomic E-state index is -0.391. The van der Waals surface area contributed by atoms with Crippen LogP contribution in [0.5, 0.6) is 0 Å². The summed E-state index contributed by atoms with van der Waals surface area (Å²) in [4.78, 5) is 12.3. The number of nitriles is 1. The standard InChI is InChI=1S/C23H22FN5O/c1-3-19-20(13-25)22(29-28-21(19)4-2)26-14-15-6-5-7-18(12-15)27-23(30)16-8-10-17(24)11-9-16/h5-12H,3-4,14H2,1-2H3,(H,26,29)(H,27,30). The highest BCUT2D eigenvalue weighted by Gasteiger charge is 2.14. The van der Waals surface area contributed by atoms with E-state index in [9.17, 15) is 14.4 Å². The molecule has 6 nitrogen and oxygen atoms in total. The number of aryl methyl sites for hydroxylation is 1. The van der Waals surface area contributed by atoms with Gasteiger partial charge in [-0.05, 0) is 60.4 Å². The van der Waals surface area contributed by atoms with Crippen LogP contribution in [0.1, 0.15) is 46.6 Å². The molecule has 1 amide bonds. The smallest absolute Gasteiger partial charge is 0.255 e. The predicted molar refractivity (Wildman–Crippen MR) is 114 cm³/mol. The first-order valence-corrected chi connectivity index (χ1v) is 9.74. The Balaban J connectivity index is 1.72. The molecule has 152 valence electrons. The van der Waals surface area contributed by atoms with Gasteiger partial charge < -0.3 is 10.6 Å². The average molecular weight is 403 g/mol. The molecule has 3 rings (SSSR count). The van der Waals surface area contributed by atoms with Gasteiger partial charge in [-0.3, -0.25) is 4.79 Å². The first kappa shape index (κ1) is 20.9. The maximum atomic E-state index is 13.0. The summed E-state index contributed by atoms with van der Waals surface area (Å²) in [6.45, 7) is 4.40. The van der Waals surface area contributed by atoms with Gasteiger partial charge in [0.2, 0.25) is 0 Å². The predicted octanol–water partition coefficient (Wildman–Crippen LogP) is 4.48. The van der Waals surface area contributed by atoms with Crippen molar-refractivity contribution in [3.05, 3.63) is 82.3 Å². The van der Waals surface area contributed by atoms with E-state index in [1.165, 1.54) is 24.3 Å². The van der Waals surface area contributed by atoms with Crippen LogP contribution in [0.2, 0.25) is 0 Å². The van der Waals surface area contributed by atoms with Gasteiger partial charge in [0, 0.05) is 17.8 Å². The zero-order valence-corrected chi connectivity index (χ0v) is 16.9. The lowest BCUT2D eigenvalue weighted by Gasteiger charge is -2.13. The van der Waals surface area contributed by atoms with E-state index >= 15 is 0 Å². The fourth-order valence-corrected chi connectivity index (χ4v) is 3.17. The summed E-state index contributed by atoms with van der Waals surface area (Å²) in [5.74, 6) is -0.259. The molecule has 0 unspecified atom stereocenters. The Labute approximate surface area is 174 Å². The molecule has 0 aliphatic rings. The lowest BCUT2D eigenvalue weighted by atomic mass is 10.0. The molecule has 0 radical (unpaired) electrons. The van der Waals surface area contributed by atoms with Crippen LogP contribution in [0.15, 0.2) is 48.5 Å². The van der Waals surface area contributed by atoms with Crippen LogP contribution in [-0.4, -0.2) is 16.1 Å². The van der Waals surface area contributed by atoms with E-state index in [2.05, 4.69) is 26.9 Å². The molecule has 0 bridgehead atoms. The molecular weight excluding hydrogens is 381 g/mol. The number of nitrogens with one attached hydrogen (secondary N) is 2. The fraction of sp³-hybridized carbons (Fsp3) is 0.217. The first-order valence-electron chi connectivity index (χ1n) is 9.74. The van der Waals surface area contributed by atoms with Crippen LogP contribution in [0.4, 0.5) is 15.9 Å². The van der Waals surface area contributed by atoms with Crippen molar-refractivity contribution in [2.75, 3.05) is 10.6 Å². The van der Waals surface area contributed by atoms with Crippen molar-refractivity contribution in [2.24, 2.45) is 0 Å². The van der Waals surface area contributed by atoms with Gasteiger partial charge >= 0.3 is 0 Å². The molecule has 0 spiro atoms. The van der Waals surface area contributed by atoms with Crippen molar-refractivity contribution in [1.29, 1.82) is 5.26 Å². The van der Waals surface area contributed by atoms with E-state index < -0.39 is 5.82 Å². The molecule has 30 heavy (non-hydrogen) atoms. The molecule has 0 atom stereocenters. The third-order valence-electron chi connectivity index (χ3n) is 4.71. The third kappa shape index (κ3) is 4.78. The molecule has 0 saturated heterocycles. The van der Waals surface area contributed by atoms with Crippen LogP contribution in [-0.2, 0) is 19.4 Å². The number of rotatable bonds is 7. The highest BCUT2D eigenvalue weighted by Crippen LogP contribution is 2.21. The summed E-state index contributed by atoms with van der Waals surface area (Å²) >= 11 is 0. The van der Waals surface area contributed by atoms with Crippen LogP contribution >= 0.6 is 0 Å². The Morgan fingerprint density at radius 2 is 1.87 bits per heavy atom. The average Bonchev–Trinajstić information content (AvgIpc) is 2.77. The number of nitrogens with zero attached hydrogens (tertiary/aromatic N) is 3. The number of hydrogen-bond donors (Lipinski definition) is 2. The number of halogens is 1. The summed E-state index contributed by atoms with van der Waals surface area (Å²) in [7, 11) is 0. The van der Waals surface area contributed by atoms with Gasteiger partial charge in [0.25, 0.3) is 5.91 Å². The van der Waals surface area contributed by atoms with Gasteiger partial charge in [0.1, 0.15) is 17.4 Å². The van der Waals surface area contributed by atoms with Gasteiger partial charge in [-0.15, -0.1) is 5.10 Å². The van der Waals surface area contributed by atoms with Crippen molar-refractivity contribution < 1.29 is 9.18 Å². The molecule has 0 fully saturated rings. The molecule has 2 N–H and O–H groups in total. The molecule has 0 saturated carbocycles. The quantitative estimate of drug-likeness (QED) is 0.607.